The Kier molecular flexibility index (Phi) is 3.93. The average molecular weight is 295 g/mol. The molecular formula is C14H21N3O4. The zero-order chi connectivity index (χ0) is 15.8. The molecule has 21 heavy (non-hydrogen) atoms. The first kappa shape index (κ1) is 15.3. The van der Waals surface area contributed by atoms with Gasteiger partial charge in [-0.25, -0.2) is 4.79 Å². The SMILES string of the molecule is CCC(C)(C)C(=O)C(=O)N1CCCC1c1[nH]c(=O)[nH]c1O. The Morgan fingerprint density at radius 2 is 2.05 bits per heavy atom. The highest BCUT2D eigenvalue weighted by Gasteiger charge is 2.40. The molecule has 1 aliphatic rings. The fourth-order valence-electron chi connectivity index (χ4n) is 2.52. The van der Waals surface area contributed by atoms with Gasteiger partial charge in [-0.2, -0.15) is 0 Å². The largest absolute Gasteiger partial charge is 0.493 e. The Balaban J connectivity index is 2.27. The number of aromatic hydroxyl groups is 1. The second-order valence-electron chi connectivity index (χ2n) is 6.06. The van der Waals surface area contributed by atoms with Crippen molar-refractivity contribution in [2.24, 2.45) is 5.41 Å². The average Bonchev–Trinajstić information content (AvgIpc) is 3.03. The normalized spacial score (nSPS) is 19.0. The van der Waals surface area contributed by atoms with Crippen molar-refractivity contribution < 1.29 is 14.7 Å². The fourth-order valence-corrected chi connectivity index (χ4v) is 2.52. The smallest absolute Gasteiger partial charge is 0.326 e. The van der Waals surface area contributed by atoms with E-state index in [1.54, 1.807) is 13.8 Å². The predicted octanol–water partition coefficient (Wildman–Crippen LogP) is 1.08. The summed E-state index contributed by atoms with van der Waals surface area (Å²) < 4.78 is 0. The second kappa shape index (κ2) is 5.38. The minimum Gasteiger partial charge on any atom is -0.493 e. The van der Waals surface area contributed by atoms with E-state index >= 15 is 0 Å². The highest BCUT2D eigenvalue weighted by Crippen LogP contribution is 2.35. The first-order valence-corrected chi connectivity index (χ1v) is 7.14. The molecule has 3 N–H and O–H groups in total. The third kappa shape index (κ3) is 2.72. The number of aromatic nitrogens is 2. The molecule has 2 heterocycles. The van der Waals surface area contributed by atoms with E-state index < -0.39 is 28.8 Å². The molecule has 0 spiro atoms. The minimum absolute atomic E-state index is 0.271. The molecule has 1 unspecified atom stereocenters. The topological polar surface area (TPSA) is 106 Å². The maximum absolute atomic E-state index is 12.4. The fraction of sp³-hybridized carbons (Fsp3) is 0.643. The summed E-state index contributed by atoms with van der Waals surface area (Å²) >= 11 is 0. The highest BCUT2D eigenvalue weighted by atomic mass is 16.3. The van der Waals surface area contributed by atoms with Crippen molar-refractivity contribution >= 4 is 11.7 Å². The van der Waals surface area contributed by atoms with Gasteiger partial charge in [-0.1, -0.05) is 20.8 Å². The highest BCUT2D eigenvalue weighted by molar-refractivity contribution is 6.38. The van der Waals surface area contributed by atoms with Crippen LogP contribution in [0, 0.1) is 5.41 Å². The Labute approximate surface area is 122 Å². The molecule has 116 valence electrons. The Hall–Kier alpha value is -2.05. The van der Waals surface area contributed by atoms with Crippen LogP contribution in [0.1, 0.15) is 51.8 Å². The van der Waals surface area contributed by atoms with Gasteiger partial charge in [-0.05, 0) is 19.3 Å². The molecule has 1 aromatic heterocycles. The Morgan fingerprint density at radius 1 is 1.38 bits per heavy atom. The van der Waals surface area contributed by atoms with Crippen LogP contribution in [-0.2, 0) is 9.59 Å². The first-order chi connectivity index (χ1) is 9.77. The van der Waals surface area contributed by atoms with Crippen LogP contribution in [0.25, 0.3) is 0 Å². The number of carbonyl (C=O) groups is 2. The third-order valence-electron chi connectivity index (χ3n) is 4.27. The minimum atomic E-state index is -0.710. The van der Waals surface area contributed by atoms with Gasteiger partial charge in [0.25, 0.3) is 5.91 Å². The number of likely N-dealkylation sites (tertiary alicyclic amines) is 1. The molecule has 7 nitrogen and oxygen atoms in total. The van der Waals surface area contributed by atoms with E-state index in [4.69, 9.17) is 0 Å². The molecule has 1 fully saturated rings. The molecule has 0 bridgehead atoms. The lowest BCUT2D eigenvalue weighted by Gasteiger charge is -2.27. The Bertz CT molecular complexity index is 614. The molecule has 1 atom stereocenters. The van der Waals surface area contributed by atoms with Gasteiger partial charge in [0.2, 0.25) is 11.7 Å². The van der Waals surface area contributed by atoms with Gasteiger partial charge in [-0.15, -0.1) is 0 Å². The van der Waals surface area contributed by atoms with Crippen molar-refractivity contribution in [1.29, 1.82) is 0 Å². The molecule has 1 saturated heterocycles. The van der Waals surface area contributed by atoms with E-state index in [1.165, 1.54) is 4.90 Å². The number of amides is 1. The van der Waals surface area contributed by atoms with Gasteiger partial charge < -0.3 is 15.0 Å². The lowest BCUT2D eigenvalue weighted by molar-refractivity contribution is -0.150. The van der Waals surface area contributed by atoms with Crippen LogP contribution in [0.3, 0.4) is 0 Å². The van der Waals surface area contributed by atoms with Gasteiger partial charge in [0.1, 0.15) is 5.69 Å². The molecule has 1 aliphatic heterocycles. The summed E-state index contributed by atoms with van der Waals surface area (Å²) in [5.41, 5.74) is -0.965. The van der Waals surface area contributed by atoms with E-state index in [2.05, 4.69) is 9.97 Å². The zero-order valence-electron chi connectivity index (χ0n) is 12.5. The number of aromatic amines is 2. The molecule has 0 aromatic carbocycles. The summed E-state index contributed by atoms with van der Waals surface area (Å²) in [6.07, 6.45) is 1.90. The van der Waals surface area contributed by atoms with Crippen molar-refractivity contribution in [3.8, 4) is 5.88 Å². The molecule has 7 heteroatoms. The van der Waals surface area contributed by atoms with Gasteiger partial charge >= 0.3 is 5.69 Å². The standard InChI is InChI=1S/C14H21N3O4/c1-4-14(2,3)10(18)12(20)17-7-5-6-8(17)9-11(19)16-13(21)15-9/h8,19H,4-7H2,1-3H3,(H2,15,16,21). The number of hydrogen-bond acceptors (Lipinski definition) is 4. The molecular weight excluding hydrogens is 274 g/mol. The number of carbonyl (C=O) groups excluding carboxylic acids is 2. The van der Waals surface area contributed by atoms with Crippen LogP contribution in [0.4, 0.5) is 0 Å². The van der Waals surface area contributed by atoms with E-state index in [1.807, 2.05) is 6.92 Å². The van der Waals surface area contributed by atoms with E-state index in [0.29, 0.717) is 19.4 Å². The van der Waals surface area contributed by atoms with Crippen LogP contribution < -0.4 is 5.69 Å². The monoisotopic (exact) mass is 295 g/mol. The quantitative estimate of drug-likeness (QED) is 0.722. The third-order valence-corrected chi connectivity index (χ3v) is 4.27. The molecule has 1 amide bonds. The first-order valence-electron chi connectivity index (χ1n) is 7.14. The van der Waals surface area contributed by atoms with E-state index in [9.17, 15) is 19.5 Å². The van der Waals surface area contributed by atoms with E-state index in [0.717, 1.165) is 6.42 Å². The summed E-state index contributed by atoms with van der Waals surface area (Å²) in [6, 6.07) is -0.465. The number of rotatable bonds is 4. The van der Waals surface area contributed by atoms with Crippen LogP contribution in [0.2, 0.25) is 0 Å². The zero-order valence-corrected chi connectivity index (χ0v) is 12.5. The molecule has 2 rings (SSSR count). The number of nitrogens with one attached hydrogen (secondary N) is 2. The number of nitrogens with zero attached hydrogens (tertiary/aromatic N) is 1. The van der Waals surface area contributed by atoms with Crippen LogP contribution in [-0.4, -0.2) is 38.2 Å². The maximum Gasteiger partial charge on any atom is 0.326 e. The van der Waals surface area contributed by atoms with Crippen LogP contribution in [0.5, 0.6) is 5.88 Å². The maximum atomic E-state index is 12.4. The van der Waals surface area contributed by atoms with Crippen molar-refractivity contribution in [2.75, 3.05) is 6.54 Å². The summed E-state index contributed by atoms with van der Waals surface area (Å²) in [5.74, 6) is -1.26. The Morgan fingerprint density at radius 3 is 2.57 bits per heavy atom. The molecule has 0 radical (unpaired) electrons. The van der Waals surface area contributed by atoms with Gasteiger partial charge in [0.15, 0.2) is 0 Å². The number of ketones is 1. The number of Topliss-reactive ketones (excluding diaryl/α,β-unsaturated/α-hetero) is 1. The van der Waals surface area contributed by atoms with Crippen LogP contribution in [0.15, 0.2) is 4.79 Å². The van der Waals surface area contributed by atoms with Gasteiger partial charge in [0, 0.05) is 12.0 Å². The summed E-state index contributed by atoms with van der Waals surface area (Å²) in [5, 5.41) is 9.73. The summed E-state index contributed by atoms with van der Waals surface area (Å²) in [4.78, 5) is 42.2. The predicted molar refractivity (Wildman–Crippen MR) is 75.8 cm³/mol. The molecule has 0 saturated carbocycles. The van der Waals surface area contributed by atoms with Crippen molar-refractivity contribution in [3.05, 3.63) is 16.2 Å². The van der Waals surface area contributed by atoms with Crippen molar-refractivity contribution in [1.82, 2.24) is 14.9 Å². The van der Waals surface area contributed by atoms with E-state index in [-0.39, 0.29) is 11.6 Å². The van der Waals surface area contributed by atoms with Crippen LogP contribution >= 0.6 is 0 Å². The number of H-pyrrole nitrogens is 2. The van der Waals surface area contributed by atoms with Crippen molar-refractivity contribution in [3.63, 3.8) is 0 Å². The lowest BCUT2D eigenvalue weighted by atomic mass is 9.84. The lowest BCUT2D eigenvalue weighted by Crippen LogP contribution is -2.42. The number of hydrogen-bond donors (Lipinski definition) is 3. The van der Waals surface area contributed by atoms with Crippen molar-refractivity contribution in [2.45, 2.75) is 46.1 Å². The van der Waals surface area contributed by atoms with Gasteiger partial charge in [0.05, 0.1) is 6.04 Å². The second-order valence-corrected chi connectivity index (χ2v) is 6.06. The number of imidazole rings is 1. The van der Waals surface area contributed by atoms with Gasteiger partial charge in [-0.3, -0.25) is 14.6 Å². The molecule has 1 aromatic rings. The summed E-state index contributed by atoms with van der Waals surface area (Å²) in [7, 11) is 0. The summed E-state index contributed by atoms with van der Waals surface area (Å²) in [6.45, 7) is 5.80. The molecule has 0 aliphatic carbocycles.